The highest BCUT2D eigenvalue weighted by atomic mass is 16.3. The summed E-state index contributed by atoms with van der Waals surface area (Å²) >= 11 is 0. The van der Waals surface area contributed by atoms with Crippen molar-refractivity contribution >= 4 is 5.91 Å². The van der Waals surface area contributed by atoms with Crippen molar-refractivity contribution < 1.29 is 9.90 Å². The lowest BCUT2D eigenvalue weighted by molar-refractivity contribution is 0.0677. The van der Waals surface area contributed by atoms with Gasteiger partial charge in [0.1, 0.15) is 5.69 Å². The van der Waals surface area contributed by atoms with E-state index in [1.165, 1.54) is 10.9 Å². The Balaban J connectivity index is 1.47. The highest BCUT2D eigenvalue weighted by Gasteiger charge is 2.24. The van der Waals surface area contributed by atoms with Crippen LogP contribution in [0.3, 0.4) is 0 Å². The summed E-state index contributed by atoms with van der Waals surface area (Å²) in [6, 6.07) is 10.8. The van der Waals surface area contributed by atoms with Crippen LogP contribution < -0.4 is 0 Å². The molecule has 1 N–H and O–H groups in total. The fourth-order valence-corrected chi connectivity index (χ4v) is 4.34. The number of hydrogen-bond donors (Lipinski definition) is 1. The fourth-order valence-electron chi connectivity index (χ4n) is 4.34. The lowest BCUT2D eigenvalue weighted by atomic mass is 9.96. The summed E-state index contributed by atoms with van der Waals surface area (Å²) in [5.74, 6) is 1.15. The predicted molar refractivity (Wildman–Crippen MR) is 125 cm³/mol. The molecule has 4 rings (SSSR count). The molecule has 0 saturated carbocycles. The Hall–Kier alpha value is -3.70. The zero-order valence-corrected chi connectivity index (χ0v) is 19.2. The number of benzene rings is 1. The normalized spacial score (nSPS) is 14.5. The third kappa shape index (κ3) is 4.89. The van der Waals surface area contributed by atoms with Crippen molar-refractivity contribution in [2.75, 3.05) is 33.7 Å². The quantitative estimate of drug-likeness (QED) is 0.649. The molecule has 0 atom stereocenters. The molecule has 2 aromatic heterocycles. The number of aryl methyl sites for hydroxylation is 1. The summed E-state index contributed by atoms with van der Waals surface area (Å²) in [7, 11) is 4.16. The van der Waals surface area contributed by atoms with Crippen LogP contribution >= 0.6 is 0 Å². The molecule has 3 aromatic rings. The summed E-state index contributed by atoms with van der Waals surface area (Å²) in [5.41, 5.74) is 3.11. The van der Waals surface area contributed by atoms with Gasteiger partial charge in [0.05, 0.1) is 23.4 Å². The Bertz CT molecular complexity index is 1180. The van der Waals surface area contributed by atoms with E-state index < -0.39 is 0 Å². The second-order valence-corrected chi connectivity index (χ2v) is 8.85. The number of nitriles is 1. The van der Waals surface area contributed by atoms with E-state index in [0.29, 0.717) is 28.6 Å². The van der Waals surface area contributed by atoms with Crippen LogP contribution in [0.15, 0.2) is 42.7 Å². The van der Waals surface area contributed by atoms with Gasteiger partial charge in [-0.25, -0.2) is 9.67 Å². The van der Waals surface area contributed by atoms with Gasteiger partial charge in [0.15, 0.2) is 11.6 Å². The molecule has 0 radical (unpaired) electrons. The lowest BCUT2D eigenvalue weighted by Gasteiger charge is -2.33. The van der Waals surface area contributed by atoms with E-state index in [1.807, 2.05) is 11.8 Å². The zero-order valence-electron chi connectivity index (χ0n) is 19.2. The molecule has 0 unspecified atom stereocenters. The average molecular weight is 445 g/mol. The number of pyridine rings is 1. The number of rotatable bonds is 5. The van der Waals surface area contributed by atoms with Gasteiger partial charge in [-0.15, -0.1) is 0 Å². The number of carbonyl (C=O) groups excluding carboxylic acids is 1. The maximum absolute atomic E-state index is 12.9. The van der Waals surface area contributed by atoms with Gasteiger partial charge in [0, 0.05) is 31.4 Å². The molecule has 1 saturated heterocycles. The number of hydrogen-bond acceptors (Lipinski definition) is 6. The molecule has 170 valence electrons. The summed E-state index contributed by atoms with van der Waals surface area (Å²) in [5, 5.41) is 24.0. The van der Waals surface area contributed by atoms with E-state index in [4.69, 9.17) is 5.26 Å². The smallest absolute Gasteiger partial charge is 0.255 e. The molecule has 1 amide bonds. The molecular weight excluding hydrogens is 416 g/mol. The van der Waals surface area contributed by atoms with Gasteiger partial charge in [-0.3, -0.25) is 4.79 Å². The maximum Gasteiger partial charge on any atom is 0.255 e. The van der Waals surface area contributed by atoms with E-state index >= 15 is 0 Å². The number of piperidine rings is 1. The molecule has 1 aliphatic rings. The standard InChI is InChI=1S/C25H28N6O2/c1-17-12-19(13-26)4-6-21(17)24-22(32)16-31(28-24)23-7-5-20(14-27-23)25(33)30-10-8-18(9-11-30)15-29(2)3/h4-7,12,14,16,18,32H,8-11,15H2,1-3H3. The minimum absolute atomic E-state index is 0.00504. The Morgan fingerprint density at radius 3 is 2.61 bits per heavy atom. The number of amides is 1. The lowest BCUT2D eigenvalue weighted by Crippen LogP contribution is -2.40. The van der Waals surface area contributed by atoms with Crippen LogP contribution in [0, 0.1) is 24.2 Å². The number of carbonyl (C=O) groups is 1. The van der Waals surface area contributed by atoms with Gasteiger partial charge in [0.25, 0.3) is 5.91 Å². The van der Waals surface area contributed by atoms with Crippen molar-refractivity contribution in [3.8, 4) is 28.9 Å². The first-order valence-corrected chi connectivity index (χ1v) is 11.1. The Kier molecular flexibility index (Phi) is 6.43. The number of aromatic hydroxyl groups is 1. The molecule has 8 heteroatoms. The van der Waals surface area contributed by atoms with Gasteiger partial charge in [0.2, 0.25) is 0 Å². The van der Waals surface area contributed by atoms with Gasteiger partial charge < -0.3 is 14.9 Å². The highest BCUT2D eigenvalue weighted by Crippen LogP contribution is 2.31. The van der Waals surface area contributed by atoms with Crippen LogP contribution in [-0.2, 0) is 0 Å². The van der Waals surface area contributed by atoms with Crippen LogP contribution in [-0.4, -0.2) is 69.3 Å². The first kappa shape index (κ1) is 22.5. The van der Waals surface area contributed by atoms with Crippen molar-refractivity contribution in [3.63, 3.8) is 0 Å². The fraction of sp³-hybridized carbons (Fsp3) is 0.360. The first-order valence-electron chi connectivity index (χ1n) is 11.1. The Morgan fingerprint density at radius 1 is 1.24 bits per heavy atom. The van der Waals surface area contributed by atoms with E-state index in [-0.39, 0.29) is 11.7 Å². The molecule has 1 aromatic carbocycles. The van der Waals surface area contributed by atoms with Crippen LogP contribution in [0.5, 0.6) is 5.75 Å². The van der Waals surface area contributed by atoms with E-state index in [9.17, 15) is 9.90 Å². The topological polar surface area (TPSA) is 98.3 Å². The Labute approximate surface area is 193 Å². The molecule has 0 aliphatic carbocycles. The molecule has 0 spiro atoms. The monoisotopic (exact) mass is 444 g/mol. The van der Waals surface area contributed by atoms with E-state index in [1.54, 1.807) is 36.5 Å². The molecule has 3 heterocycles. The van der Waals surface area contributed by atoms with Crippen LogP contribution in [0.25, 0.3) is 17.1 Å². The maximum atomic E-state index is 12.9. The molecule has 8 nitrogen and oxygen atoms in total. The summed E-state index contributed by atoms with van der Waals surface area (Å²) in [4.78, 5) is 21.4. The zero-order chi connectivity index (χ0) is 23.5. The van der Waals surface area contributed by atoms with Gasteiger partial charge in [-0.1, -0.05) is 6.07 Å². The predicted octanol–water partition coefficient (Wildman–Crippen LogP) is 3.23. The van der Waals surface area contributed by atoms with E-state index in [0.717, 1.165) is 43.6 Å². The summed E-state index contributed by atoms with van der Waals surface area (Å²) in [6.45, 7) is 4.45. The van der Waals surface area contributed by atoms with Crippen molar-refractivity contribution in [2.24, 2.45) is 5.92 Å². The Morgan fingerprint density at radius 2 is 2.00 bits per heavy atom. The van der Waals surface area contributed by atoms with Crippen molar-refractivity contribution in [2.45, 2.75) is 19.8 Å². The van der Waals surface area contributed by atoms with Crippen LogP contribution in [0.1, 0.15) is 34.3 Å². The molecule has 0 bridgehead atoms. The minimum atomic E-state index is -0.00504. The average Bonchev–Trinajstić information content (AvgIpc) is 3.20. The van der Waals surface area contributed by atoms with Crippen molar-refractivity contribution in [3.05, 3.63) is 59.4 Å². The van der Waals surface area contributed by atoms with Gasteiger partial charge in [-0.05, 0) is 69.6 Å². The van der Waals surface area contributed by atoms with E-state index in [2.05, 4.69) is 35.1 Å². The SMILES string of the molecule is Cc1cc(C#N)ccc1-c1nn(-c2ccc(C(=O)N3CCC(CN(C)C)CC3)cn2)cc1O. The molecular formula is C25H28N6O2. The molecule has 1 aliphatic heterocycles. The second kappa shape index (κ2) is 9.43. The summed E-state index contributed by atoms with van der Waals surface area (Å²) < 4.78 is 1.49. The largest absolute Gasteiger partial charge is 0.504 e. The van der Waals surface area contributed by atoms with Gasteiger partial charge in [-0.2, -0.15) is 10.4 Å². The van der Waals surface area contributed by atoms with Crippen LogP contribution in [0.4, 0.5) is 0 Å². The molecule has 1 fully saturated rings. The highest BCUT2D eigenvalue weighted by molar-refractivity contribution is 5.94. The summed E-state index contributed by atoms with van der Waals surface area (Å²) in [6.07, 6.45) is 5.08. The third-order valence-corrected chi connectivity index (χ3v) is 6.06. The number of likely N-dealkylation sites (tertiary alicyclic amines) is 1. The van der Waals surface area contributed by atoms with Gasteiger partial charge >= 0.3 is 0 Å². The second-order valence-electron chi connectivity index (χ2n) is 8.85. The van der Waals surface area contributed by atoms with Crippen molar-refractivity contribution in [1.82, 2.24) is 24.6 Å². The minimum Gasteiger partial charge on any atom is -0.504 e. The van der Waals surface area contributed by atoms with Crippen molar-refractivity contribution in [1.29, 1.82) is 5.26 Å². The number of nitrogens with zero attached hydrogens (tertiary/aromatic N) is 6. The third-order valence-electron chi connectivity index (χ3n) is 6.06. The number of aromatic nitrogens is 3. The first-order chi connectivity index (χ1) is 15.9. The molecule has 33 heavy (non-hydrogen) atoms. The van der Waals surface area contributed by atoms with Crippen LogP contribution in [0.2, 0.25) is 0 Å².